The van der Waals surface area contributed by atoms with E-state index in [0.29, 0.717) is 28.0 Å². The van der Waals surface area contributed by atoms with E-state index in [2.05, 4.69) is 9.97 Å². The van der Waals surface area contributed by atoms with Gasteiger partial charge in [0, 0.05) is 5.56 Å². The number of hydrogen-bond donors (Lipinski definition) is 1. The molecule has 1 aromatic heterocycles. The first-order valence-corrected chi connectivity index (χ1v) is 6.92. The largest absolute Gasteiger partial charge is 0.496 e. The van der Waals surface area contributed by atoms with Gasteiger partial charge < -0.3 is 9.72 Å². The van der Waals surface area contributed by atoms with E-state index in [1.165, 1.54) is 0 Å². The average molecular weight is 284 g/mol. The molecule has 0 saturated heterocycles. The number of aromatic amines is 1. The molecular weight excluding hydrogens is 267 g/mol. The SMILES string of the molecule is COc1ccc2[nH]cnc2c1-c1cccc(C(C)C)c1F. The van der Waals surface area contributed by atoms with Gasteiger partial charge in [-0.05, 0) is 23.6 Å². The molecule has 21 heavy (non-hydrogen) atoms. The summed E-state index contributed by atoms with van der Waals surface area (Å²) in [6.07, 6.45) is 1.61. The fraction of sp³-hybridized carbons (Fsp3) is 0.235. The van der Waals surface area contributed by atoms with Crippen LogP contribution in [0.5, 0.6) is 5.75 Å². The Labute approximate surface area is 122 Å². The van der Waals surface area contributed by atoms with Gasteiger partial charge in [-0.1, -0.05) is 32.0 Å². The summed E-state index contributed by atoms with van der Waals surface area (Å²) >= 11 is 0. The van der Waals surface area contributed by atoms with Crippen LogP contribution < -0.4 is 4.74 Å². The van der Waals surface area contributed by atoms with Gasteiger partial charge in [0.05, 0.1) is 30.0 Å². The Morgan fingerprint density at radius 2 is 2.00 bits per heavy atom. The zero-order chi connectivity index (χ0) is 15.0. The van der Waals surface area contributed by atoms with Crippen molar-refractivity contribution in [3.63, 3.8) is 0 Å². The Balaban J connectivity index is 2.34. The third-order valence-electron chi connectivity index (χ3n) is 3.69. The van der Waals surface area contributed by atoms with Crippen molar-refractivity contribution in [3.8, 4) is 16.9 Å². The molecule has 0 aliphatic carbocycles. The zero-order valence-electron chi connectivity index (χ0n) is 12.3. The number of methoxy groups -OCH3 is 1. The highest BCUT2D eigenvalue weighted by atomic mass is 19.1. The van der Waals surface area contributed by atoms with Crippen molar-refractivity contribution in [1.82, 2.24) is 9.97 Å². The maximum atomic E-state index is 14.9. The summed E-state index contributed by atoms with van der Waals surface area (Å²) < 4.78 is 20.3. The second kappa shape index (κ2) is 5.20. The predicted molar refractivity (Wildman–Crippen MR) is 82.1 cm³/mol. The molecule has 0 aliphatic rings. The minimum absolute atomic E-state index is 0.120. The first kappa shape index (κ1) is 13.6. The summed E-state index contributed by atoms with van der Waals surface area (Å²) in [6.45, 7) is 3.96. The third kappa shape index (κ3) is 2.17. The topological polar surface area (TPSA) is 37.9 Å². The molecule has 0 spiro atoms. The minimum atomic E-state index is -0.207. The van der Waals surface area contributed by atoms with Crippen molar-refractivity contribution in [2.45, 2.75) is 19.8 Å². The molecule has 0 saturated carbocycles. The number of nitrogens with zero attached hydrogens (tertiary/aromatic N) is 1. The number of hydrogen-bond acceptors (Lipinski definition) is 2. The van der Waals surface area contributed by atoms with Gasteiger partial charge in [-0.15, -0.1) is 0 Å². The van der Waals surface area contributed by atoms with Gasteiger partial charge in [-0.25, -0.2) is 9.37 Å². The summed E-state index contributed by atoms with van der Waals surface area (Å²) in [4.78, 5) is 7.37. The number of aromatic nitrogens is 2. The van der Waals surface area contributed by atoms with Gasteiger partial charge >= 0.3 is 0 Å². The molecule has 1 N–H and O–H groups in total. The lowest BCUT2D eigenvalue weighted by Gasteiger charge is -2.14. The van der Waals surface area contributed by atoms with Crippen LogP contribution in [-0.4, -0.2) is 17.1 Å². The lowest BCUT2D eigenvalue weighted by molar-refractivity contribution is 0.416. The number of nitrogens with one attached hydrogen (secondary N) is 1. The van der Waals surface area contributed by atoms with Crippen molar-refractivity contribution >= 4 is 11.0 Å². The molecule has 2 aromatic carbocycles. The van der Waals surface area contributed by atoms with E-state index in [1.807, 2.05) is 38.1 Å². The molecular formula is C17H17FN2O. The molecule has 0 fully saturated rings. The molecule has 0 unspecified atom stereocenters. The Hall–Kier alpha value is -2.36. The molecule has 0 amide bonds. The smallest absolute Gasteiger partial charge is 0.134 e. The van der Waals surface area contributed by atoms with Crippen molar-refractivity contribution < 1.29 is 9.13 Å². The van der Waals surface area contributed by atoms with Crippen molar-refractivity contribution in [2.75, 3.05) is 7.11 Å². The average Bonchev–Trinajstić information content (AvgIpc) is 2.94. The van der Waals surface area contributed by atoms with Crippen molar-refractivity contribution in [1.29, 1.82) is 0 Å². The molecule has 3 aromatic rings. The zero-order valence-corrected chi connectivity index (χ0v) is 12.3. The molecule has 0 radical (unpaired) electrons. The molecule has 0 aliphatic heterocycles. The number of benzene rings is 2. The molecule has 0 bridgehead atoms. The standard InChI is InChI=1S/C17H17FN2O/c1-10(2)11-5-4-6-12(16(11)18)15-14(21-3)8-7-13-17(15)20-9-19-13/h4-10H,1-3H3,(H,19,20). The number of H-pyrrole nitrogens is 1. The maximum absolute atomic E-state index is 14.9. The minimum Gasteiger partial charge on any atom is -0.496 e. The van der Waals surface area contributed by atoms with E-state index in [0.717, 1.165) is 5.52 Å². The summed E-state index contributed by atoms with van der Waals surface area (Å²) in [6, 6.07) is 9.18. The fourth-order valence-electron chi connectivity index (χ4n) is 2.61. The van der Waals surface area contributed by atoms with Gasteiger partial charge in [0.2, 0.25) is 0 Å². The van der Waals surface area contributed by atoms with Crippen molar-refractivity contribution in [3.05, 3.63) is 48.0 Å². The normalized spacial score (nSPS) is 11.3. The van der Waals surface area contributed by atoms with Crippen LogP contribution in [0.15, 0.2) is 36.7 Å². The number of ether oxygens (including phenoxy) is 1. The Morgan fingerprint density at radius 3 is 2.71 bits per heavy atom. The highest BCUT2D eigenvalue weighted by Crippen LogP contribution is 2.38. The van der Waals surface area contributed by atoms with Crippen LogP contribution in [0.2, 0.25) is 0 Å². The second-order valence-corrected chi connectivity index (χ2v) is 5.31. The fourth-order valence-corrected chi connectivity index (χ4v) is 2.61. The van der Waals surface area contributed by atoms with Gasteiger partial charge in [-0.3, -0.25) is 0 Å². The quantitative estimate of drug-likeness (QED) is 0.769. The maximum Gasteiger partial charge on any atom is 0.134 e. The highest BCUT2D eigenvalue weighted by Gasteiger charge is 2.19. The molecule has 0 atom stereocenters. The predicted octanol–water partition coefficient (Wildman–Crippen LogP) is 4.50. The highest BCUT2D eigenvalue weighted by molar-refractivity contribution is 5.95. The first-order valence-electron chi connectivity index (χ1n) is 6.92. The molecule has 1 heterocycles. The summed E-state index contributed by atoms with van der Waals surface area (Å²) in [5.41, 5.74) is 3.49. The number of fused-ring (bicyclic) bond motifs is 1. The monoisotopic (exact) mass is 284 g/mol. The Morgan fingerprint density at radius 1 is 1.19 bits per heavy atom. The first-order chi connectivity index (χ1) is 10.1. The van der Waals surface area contributed by atoms with E-state index in [-0.39, 0.29) is 11.7 Å². The Bertz CT molecular complexity index is 793. The molecule has 3 rings (SSSR count). The van der Waals surface area contributed by atoms with Crippen LogP contribution >= 0.6 is 0 Å². The molecule has 108 valence electrons. The summed E-state index contributed by atoms with van der Waals surface area (Å²) in [7, 11) is 1.58. The van der Waals surface area contributed by atoms with Crippen LogP contribution in [-0.2, 0) is 0 Å². The summed E-state index contributed by atoms with van der Waals surface area (Å²) in [5, 5.41) is 0. The molecule has 3 nitrogen and oxygen atoms in total. The van der Waals surface area contributed by atoms with E-state index < -0.39 is 0 Å². The number of halogens is 1. The van der Waals surface area contributed by atoms with E-state index in [9.17, 15) is 4.39 Å². The van der Waals surface area contributed by atoms with E-state index >= 15 is 0 Å². The van der Waals surface area contributed by atoms with E-state index in [1.54, 1.807) is 19.5 Å². The van der Waals surface area contributed by atoms with Gasteiger partial charge in [0.1, 0.15) is 11.6 Å². The molecule has 4 heteroatoms. The number of imidazole rings is 1. The van der Waals surface area contributed by atoms with Crippen molar-refractivity contribution in [2.24, 2.45) is 0 Å². The van der Waals surface area contributed by atoms with Crippen LogP contribution in [0, 0.1) is 5.82 Å². The van der Waals surface area contributed by atoms with Crippen LogP contribution in [0.3, 0.4) is 0 Å². The van der Waals surface area contributed by atoms with Gasteiger partial charge in [0.15, 0.2) is 0 Å². The lowest BCUT2D eigenvalue weighted by atomic mass is 9.95. The van der Waals surface area contributed by atoms with Gasteiger partial charge in [0.25, 0.3) is 0 Å². The van der Waals surface area contributed by atoms with Gasteiger partial charge in [-0.2, -0.15) is 0 Å². The van der Waals surface area contributed by atoms with E-state index in [4.69, 9.17) is 4.74 Å². The van der Waals surface area contributed by atoms with Crippen LogP contribution in [0.4, 0.5) is 4.39 Å². The summed E-state index contributed by atoms with van der Waals surface area (Å²) in [5.74, 6) is 0.532. The second-order valence-electron chi connectivity index (χ2n) is 5.31. The lowest BCUT2D eigenvalue weighted by Crippen LogP contribution is -1.98. The Kier molecular flexibility index (Phi) is 3.37. The third-order valence-corrected chi connectivity index (χ3v) is 3.69. The van der Waals surface area contributed by atoms with Crippen LogP contribution in [0.25, 0.3) is 22.2 Å². The van der Waals surface area contributed by atoms with Crippen LogP contribution in [0.1, 0.15) is 25.3 Å². The number of rotatable bonds is 3.